The first-order valence-corrected chi connectivity index (χ1v) is 11.3. The van der Waals surface area contributed by atoms with Crippen molar-refractivity contribution in [3.8, 4) is 22.8 Å². The number of thioether (sulfide) groups is 1. The van der Waals surface area contributed by atoms with Crippen LogP contribution in [0.25, 0.3) is 22.8 Å². The van der Waals surface area contributed by atoms with Gasteiger partial charge in [-0.25, -0.2) is 4.68 Å². The molecule has 8 nitrogen and oxygen atoms in total. The SMILES string of the molecule is CSc1nn(CC(=O)Nc2ccc(C)c(Cl)c2)c(N)c1-c1nc(-c2ccc(C)cc2)no1. The summed E-state index contributed by atoms with van der Waals surface area (Å²) in [5, 5.41) is 12.5. The molecule has 0 saturated heterocycles. The lowest BCUT2D eigenvalue weighted by Gasteiger charge is -2.08. The van der Waals surface area contributed by atoms with E-state index in [2.05, 4.69) is 20.6 Å². The molecule has 1 amide bonds. The zero-order valence-electron chi connectivity index (χ0n) is 17.7. The number of aryl methyl sites for hydroxylation is 2. The lowest BCUT2D eigenvalue weighted by atomic mass is 10.1. The quantitative estimate of drug-likeness (QED) is 0.390. The van der Waals surface area contributed by atoms with E-state index >= 15 is 0 Å². The van der Waals surface area contributed by atoms with E-state index in [9.17, 15) is 4.79 Å². The van der Waals surface area contributed by atoms with Crippen molar-refractivity contribution in [2.24, 2.45) is 0 Å². The van der Waals surface area contributed by atoms with Crippen molar-refractivity contribution in [2.75, 3.05) is 17.3 Å². The first-order valence-electron chi connectivity index (χ1n) is 9.73. The van der Waals surface area contributed by atoms with E-state index in [1.165, 1.54) is 16.4 Å². The number of carbonyl (C=O) groups is 1. The Morgan fingerprint density at radius 3 is 2.66 bits per heavy atom. The summed E-state index contributed by atoms with van der Waals surface area (Å²) in [6, 6.07) is 13.1. The van der Waals surface area contributed by atoms with Crippen LogP contribution in [0.15, 0.2) is 52.0 Å². The largest absolute Gasteiger partial charge is 0.383 e. The molecule has 2 aromatic carbocycles. The number of nitrogens with two attached hydrogens (primary N) is 1. The second kappa shape index (κ2) is 9.05. The molecule has 0 aliphatic heterocycles. The molecule has 0 spiro atoms. The van der Waals surface area contributed by atoms with Gasteiger partial charge in [-0.05, 0) is 37.8 Å². The summed E-state index contributed by atoms with van der Waals surface area (Å²) < 4.78 is 6.89. The van der Waals surface area contributed by atoms with Gasteiger partial charge in [-0.1, -0.05) is 52.7 Å². The van der Waals surface area contributed by atoms with Crippen molar-refractivity contribution in [1.82, 2.24) is 19.9 Å². The lowest BCUT2D eigenvalue weighted by Crippen LogP contribution is -2.20. The number of carbonyl (C=O) groups excluding carboxylic acids is 1. The molecular weight excluding hydrogens is 448 g/mol. The number of nitrogens with one attached hydrogen (secondary N) is 1. The average Bonchev–Trinajstić information content (AvgIpc) is 3.36. The number of nitrogens with zero attached hydrogens (tertiary/aromatic N) is 4. The molecule has 4 aromatic rings. The first kappa shape index (κ1) is 21.9. The molecule has 0 saturated carbocycles. The van der Waals surface area contributed by atoms with Crippen molar-refractivity contribution in [2.45, 2.75) is 25.4 Å². The van der Waals surface area contributed by atoms with Gasteiger partial charge in [0.1, 0.15) is 23.0 Å². The van der Waals surface area contributed by atoms with Crippen LogP contribution >= 0.6 is 23.4 Å². The third-order valence-electron chi connectivity index (χ3n) is 4.85. The van der Waals surface area contributed by atoms with Crippen molar-refractivity contribution in [3.05, 3.63) is 58.6 Å². The molecule has 0 unspecified atom stereocenters. The first-order chi connectivity index (χ1) is 15.4. The standard InChI is InChI=1S/C22H21ClN6O2S/c1-12-4-7-14(8-5-12)20-26-21(31-28-20)18-19(24)29(27-22(18)32-3)11-17(30)25-15-9-6-13(2)16(23)10-15/h4-10H,11,24H2,1-3H3,(H,25,30). The van der Waals surface area contributed by atoms with Gasteiger partial charge in [0.05, 0.1) is 0 Å². The maximum atomic E-state index is 12.6. The fraction of sp³-hybridized carbons (Fsp3) is 0.182. The van der Waals surface area contributed by atoms with Gasteiger partial charge in [-0.2, -0.15) is 10.1 Å². The summed E-state index contributed by atoms with van der Waals surface area (Å²) in [4.78, 5) is 17.1. The number of nitrogen functional groups attached to an aromatic ring is 1. The Bertz CT molecular complexity index is 1280. The highest BCUT2D eigenvalue weighted by Crippen LogP contribution is 2.35. The molecular formula is C22H21ClN6O2S. The fourth-order valence-electron chi connectivity index (χ4n) is 3.07. The van der Waals surface area contributed by atoms with Crippen LogP contribution in [0, 0.1) is 13.8 Å². The Morgan fingerprint density at radius 2 is 1.97 bits per heavy atom. The summed E-state index contributed by atoms with van der Waals surface area (Å²) >= 11 is 7.51. The number of aromatic nitrogens is 4. The number of rotatable bonds is 6. The predicted molar refractivity (Wildman–Crippen MR) is 127 cm³/mol. The minimum Gasteiger partial charge on any atom is -0.383 e. The van der Waals surface area contributed by atoms with Crippen LogP contribution in [-0.2, 0) is 11.3 Å². The summed E-state index contributed by atoms with van der Waals surface area (Å²) in [5.41, 5.74) is 10.3. The molecule has 3 N–H and O–H groups in total. The van der Waals surface area contributed by atoms with Crippen molar-refractivity contribution >= 4 is 40.8 Å². The zero-order chi connectivity index (χ0) is 22.8. The summed E-state index contributed by atoms with van der Waals surface area (Å²) in [6.07, 6.45) is 1.86. The maximum absolute atomic E-state index is 12.6. The molecule has 2 aromatic heterocycles. The second-order valence-corrected chi connectivity index (χ2v) is 8.43. The molecule has 4 rings (SSSR count). The summed E-state index contributed by atoms with van der Waals surface area (Å²) in [7, 11) is 0. The highest BCUT2D eigenvalue weighted by Gasteiger charge is 2.23. The Balaban J connectivity index is 1.57. The van der Waals surface area contributed by atoms with Gasteiger partial charge in [0.2, 0.25) is 11.7 Å². The molecule has 2 heterocycles. The zero-order valence-corrected chi connectivity index (χ0v) is 19.3. The minimum absolute atomic E-state index is 0.0795. The van der Waals surface area contributed by atoms with Gasteiger partial charge in [-0.15, -0.1) is 11.8 Å². The van der Waals surface area contributed by atoms with Crippen molar-refractivity contribution in [1.29, 1.82) is 0 Å². The van der Waals surface area contributed by atoms with E-state index < -0.39 is 0 Å². The van der Waals surface area contributed by atoms with E-state index in [4.69, 9.17) is 21.9 Å². The van der Waals surface area contributed by atoms with Crippen LogP contribution in [-0.4, -0.2) is 32.1 Å². The number of anilines is 2. The molecule has 0 radical (unpaired) electrons. The topological polar surface area (TPSA) is 112 Å². The Kier molecular flexibility index (Phi) is 6.20. The van der Waals surface area contributed by atoms with E-state index in [1.54, 1.807) is 12.1 Å². The highest BCUT2D eigenvalue weighted by atomic mass is 35.5. The number of benzene rings is 2. The third-order valence-corrected chi connectivity index (χ3v) is 5.93. The minimum atomic E-state index is -0.288. The number of hydrogen-bond donors (Lipinski definition) is 2. The maximum Gasteiger partial charge on any atom is 0.264 e. The summed E-state index contributed by atoms with van der Waals surface area (Å²) in [6.45, 7) is 3.82. The molecule has 0 aliphatic carbocycles. The van der Waals surface area contributed by atoms with Crippen LogP contribution < -0.4 is 11.1 Å². The number of hydrogen-bond acceptors (Lipinski definition) is 7. The van der Waals surface area contributed by atoms with Crippen LogP contribution in [0.5, 0.6) is 0 Å². The third kappa shape index (κ3) is 4.49. The molecule has 164 valence electrons. The predicted octanol–water partition coefficient (Wildman–Crippen LogP) is 4.81. The number of amides is 1. The van der Waals surface area contributed by atoms with Gasteiger partial charge >= 0.3 is 0 Å². The van der Waals surface area contributed by atoms with E-state index in [1.807, 2.05) is 50.4 Å². The molecule has 0 fully saturated rings. The average molecular weight is 469 g/mol. The molecule has 10 heteroatoms. The number of halogens is 1. The highest BCUT2D eigenvalue weighted by molar-refractivity contribution is 7.98. The Morgan fingerprint density at radius 1 is 1.22 bits per heavy atom. The Labute approximate surface area is 194 Å². The van der Waals surface area contributed by atoms with Crippen LogP contribution in [0.2, 0.25) is 5.02 Å². The van der Waals surface area contributed by atoms with Crippen LogP contribution in [0.1, 0.15) is 11.1 Å². The molecule has 0 bridgehead atoms. The van der Waals surface area contributed by atoms with Crippen molar-refractivity contribution in [3.63, 3.8) is 0 Å². The smallest absolute Gasteiger partial charge is 0.264 e. The lowest BCUT2D eigenvalue weighted by molar-refractivity contribution is -0.116. The van der Waals surface area contributed by atoms with Gasteiger partial charge < -0.3 is 15.6 Å². The van der Waals surface area contributed by atoms with Gasteiger partial charge in [0, 0.05) is 16.3 Å². The molecule has 0 atom stereocenters. The van der Waals surface area contributed by atoms with E-state index in [-0.39, 0.29) is 24.2 Å². The monoisotopic (exact) mass is 468 g/mol. The van der Waals surface area contributed by atoms with Crippen LogP contribution in [0.3, 0.4) is 0 Å². The molecule has 0 aliphatic rings. The van der Waals surface area contributed by atoms with E-state index in [0.717, 1.165) is 16.7 Å². The molecule has 32 heavy (non-hydrogen) atoms. The van der Waals surface area contributed by atoms with Gasteiger partial charge in [0.15, 0.2) is 0 Å². The Hall–Kier alpha value is -3.30. The second-order valence-electron chi connectivity index (χ2n) is 7.23. The van der Waals surface area contributed by atoms with Gasteiger partial charge in [-0.3, -0.25) is 4.79 Å². The van der Waals surface area contributed by atoms with E-state index in [0.29, 0.717) is 27.1 Å². The fourth-order valence-corrected chi connectivity index (χ4v) is 3.83. The summed E-state index contributed by atoms with van der Waals surface area (Å²) in [5.74, 6) is 0.683. The normalized spacial score (nSPS) is 11.0. The van der Waals surface area contributed by atoms with Crippen molar-refractivity contribution < 1.29 is 9.32 Å². The van der Waals surface area contributed by atoms with Crippen LogP contribution in [0.4, 0.5) is 11.5 Å². The van der Waals surface area contributed by atoms with Gasteiger partial charge in [0.25, 0.3) is 5.89 Å².